The molecule has 0 aromatic heterocycles. The quantitative estimate of drug-likeness (QED) is 0.712. The van der Waals surface area contributed by atoms with Gasteiger partial charge in [0.25, 0.3) is 10.1 Å². The van der Waals surface area contributed by atoms with Crippen molar-refractivity contribution in [1.29, 1.82) is 0 Å². The molecule has 1 fully saturated rings. The highest BCUT2D eigenvalue weighted by molar-refractivity contribution is 7.85. The molecule has 6 nitrogen and oxygen atoms in total. The first-order chi connectivity index (χ1) is 9.91. The molecule has 1 aliphatic heterocycles. The third-order valence-electron chi connectivity index (χ3n) is 2.50. The van der Waals surface area contributed by atoms with Gasteiger partial charge in [0.1, 0.15) is 0 Å². The summed E-state index contributed by atoms with van der Waals surface area (Å²) in [6.45, 7) is 3.59. The molecule has 3 N–H and O–H groups in total. The number of hydrogen-bond acceptors (Lipinski definition) is 5. The van der Waals surface area contributed by atoms with Crippen LogP contribution in [0.4, 0.5) is 0 Å². The smallest absolute Gasteiger partial charge is 0.294 e. The van der Waals surface area contributed by atoms with Gasteiger partial charge in [-0.3, -0.25) is 4.55 Å². The van der Waals surface area contributed by atoms with E-state index < -0.39 is 10.1 Å². The van der Waals surface area contributed by atoms with Gasteiger partial charge in [-0.15, -0.1) is 0 Å². The first-order valence-electron chi connectivity index (χ1n) is 6.75. The first-order valence-corrected chi connectivity index (χ1v) is 8.19. The van der Waals surface area contributed by atoms with Gasteiger partial charge in [-0.2, -0.15) is 8.42 Å². The average Bonchev–Trinajstić information content (AvgIpc) is 2.49. The molecule has 21 heavy (non-hydrogen) atoms. The Morgan fingerprint density at radius 1 is 1.00 bits per heavy atom. The van der Waals surface area contributed by atoms with E-state index in [2.05, 4.69) is 0 Å². The Balaban J connectivity index is 0.000000335. The number of ether oxygens (including phenoxy) is 1. The lowest BCUT2D eigenvalue weighted by Crippen LogP contribution is -2.03. The van der Waals surface area contributed by atoms with E-state index in [9.17, 15) is 8.42 Å². The van der Waals surface area contributed by atoms with Crippen LogP contribution in [0.3, 0.4) is 0 Å². The van der Waals surface area contributed by atoms with Crippen LogP contribution in [0.25, 0.3) is 0 Å². The van der Waals surface area contributed by atoms with Gasteiger partial charge in [-0.1, -0.05) is 17.7 Å². The monoisotopic (exact) mass is 320 g/mol. The lowest BCUT2D eigenvalue weighted by Gasteiger charge is -2.08. The van der Waals surface area contributed by atoms with Crippen molar-refractivity contribution >= 4 is 10.1 Å². The van der Waals surface area contributed by atoms with E-state index in [0.717, 1.165) is 18.8 Å². The molecule has 0 spiro atoms. The summed E-state index contributed by atoms with van der Waals surface area (Å²) < 4.78 is 34.6. The molecule has 122 valence electrons. The summed E-state index contributed by atoms with van der Waals surface area (Å²) in [5, 5.41) is 15.2. The maximum absolute atomic E-state index is 10.5. The molecule has 0 unspecified atom stereocenters. The second-order valence-corrected chi connectivity index (χ2v) is 5.83. The van der Waals surface area contributed by atoms with Gasteiger partial charge in [0.05, 0.1) is 18.1 Å². The topological polar surface area (TPSA) is 104 Å². The molecule has 1 heterocycles. The molecule has 0 aliphatic carbocycles. The number of hydrogen-bond donors (Lipinski definition) is 3. The van der Waals surface area contributed by atoms with Gasteiger partial charge >= 0.3 is 0 Å². The Bertz CT molecular complexity index is 437. The van der Waals surface area contributed by atoms with Crippen LogP contribution in [-0.4, -0.2) is 49.6 Å². The van der Waals surface area contributed by atoms with Crippen molar-refractivity contribution < 1.29 is 27.9 Å². The highest BCUT2D eigenvalue weighted by Gasteiger charge is 2.06. The third-order valence-corrected chi connectivity index (χ3v) is 3.36. The van der Waals surface area contributed by atoms with Crippen molar-refractivity contribution in [2.24, 2.45) is 0 Å². The maximum Gasteiger partial charge on any atom is 0.294 e. The van der Waals surface area contributed by atoms with E-state index in [0.29, 0.717) is 0 Å². The lowest BCUT2D eigenvalue weighted by molar-refractivity contribution is 0.0968. The zero-order chi connectivity index (χ0) is 16.1. The Hall–Kier alpha value is -0.990. The Morgan fingerprint density at radius 2 is 1.48 bits per heavy atom. The normalized spacial score (nSPS) is 14.3. The maximum atomic E-state index is 10.5. The van der Waals surface area contributed by atoms with Crippen molar-refractivity contribution in [2.45, 2.75) is 31.1 Å². The van der Waals surface area contributed by atoms with E-state index in [1.165, 1.54) is 31.4 Å². The van der Waals surface area contributed by atoms with E-state index in [-0.39, 0.29) is 18.1 Å². The molecule has 0 atom stereocenters. The van der Waals surface area contributed by atoms with Gasteiger partial charge in [-0.25, -0.2) is 0 Å². The largest absolute Gasteiger partial charge is 0.394 e. The molecule has 1 saturated heterocycles. The molecule has 1 aliphatic rings. The number of benzene rings is 1. The second kappa shape index (κ2) is 11.6. The van der Waals surface area contributed by atoms with Gasteiger partial charge < -0.3 is 14.9 Å². The predicted octanol–water partition coefficient (Wildman–Crippen LogP) is 1.40. The number of rotatable bonds is 2. The third kappa shape index (κ3) is 11.4. The molecule has 0 bridgehead atoms. The number of aryl methyl sites for hydroxylation is 1. The number of aliphatic hydroxyl groups is 2. The zero-order valence-corrected chi connectivity index (χ0v) is 13.1. The van der Waals surface area contributed by atoms with Gasteiger partial charge in [0, 0.05) is 13.2 Å². The van der Waals surface area contributed by atoms with Crippen molar-refractivity contribution in [3.05, 3.63) is 29.8 Å². The van der Waals surface area contributed by atoms with Crippen LogP contribution in [-0.2, 0) is 14.9 Å². The van der Waals surface area contributed by atoms with Crippen molar-refractivity contribution in [1.82, 2.24) is 0 Å². The highest BCUT2D eigenvalue weighted by atomic mass is 32.2. The Labute approximate surface area is 126 Å². The summed E-state index contributed by atoms with van der Waals surface area (Å²) in [5.74, 6) is 0. The van der Waals surface area contributed by atoms with Crippen LogP contribution in [0.5, 0.6) is 0 Å². The number of aliphatic hydroxyl groups excluding tert-OH is 2. The van der Waals surface area contributed by atoms with Gasteiger partial charge in [0.15, 0.2) is 0 Å². The van der Waals surface area contributed by atoms with Crippen LogP contribution in [0.15, 0.2) is 29.2 Å². The van der Waals surface area contributed by atoms with E-state index in [1.807, 2.05) is 6.92 Å². The predicted molar refractivity (Wildman–Crippen MR) is 79.8 cm³/mol. The van der Waals surface area contributed by atoms with E-state index >= 15 is 0 Å². The highest BCUT2D eigenvalue weighted by Crippen LogP contribution is 2.08. The Morgan fingerprint density at radius 3 is 1.71 bits per heavy atom. The van der Waals surface area contributed by atoms with Crippen LogP contribution >= 0.6 is 0 Å². The summed E-state index contributed by atoms with van der Waals surface area (Å²) in [6.07, 6.45) is 3.93. The molecule has 7 heteroatoms. The van der Waals surface area contributed by atoms with Crippen molar-refractivity contribution in [3.8, 4) is 0 Å². The molecule has 1 aromatic carbocycles. The molecule has 0 saturated carbocycles. The standard InChI is InChI=1S/C7H8O3S.C5H10O.C2H6O2/c1-6-2-4-7(5-3-6)11(8,9)10;1-2-4-6-5-3-1;3-1-2-4/h2-5H,1H3,(H,8,9,10);1-5H2;3-4H,1-2H2. The molecule has 0 radical (unpaired) electrons. The van der Waals surface area contributed by atoms with E-state index in [4.69, 9.17) is 19.5 Å². The zero-order valence-electron chi connectivity index (χ0n) is 12.2. The minimum absolute atomic E-state index is 0.0666. The first kappa shape index (κ1) is 20.0. The fourth-order valence-corrected chi connectivity index (χ4v) is 1.88. The summed E-state index contributed by atoms with van der Waals surface area (Å²) in [7, 11) is -4.02. The fraction of sp³-hybridized carbons (Fsp3) is 0.571. The fourth-order valence-electron chi connectivity index (χ4n) is 1.40. The van der Waals surface area contributed by atoms with Crippen LogP contribution in [0, 0.1) is 6.92 Å². The lowest BCUT2D eigenvalue weighted by atomic mass is 10.2. The molecule has 1 aromatic rings. The molecule has 2 rings (SSSR count). The minimum Gasteiger partial charge on any atom is -0.394 e. The van der Waals surface area contributed by atoms with E-state index in [1.54, 1.807) is 12.1 Å². The molecular formula is C14H24O6S. The van der Waals surface area contributed by atoms with Crippen LogP contribution < -0.4 is 0 Å². The average molecular weight is 320 g/mol. The van der Waals surface area contributed by atoms with Crippen molar-refractivity contribution in [2.75, 3.05) is 26.4 Å². The SMILES string of the molecule is C1CCOCC1.Cc1ccc(S(=O)(=O)O)cc1.OCCO. The molecular weight excluding hydrogens is 296 g/mol. The van der Waals surface area contributed by atoms with Crippen LogP contribution in [0.1, 0.15) is 24.8 Å². The minimum atomic E-state index is -4.02. The van der Waals surface area contributed by atoms with Gasteiger partial charge in [0.2, 0.25) is 0 Å². The second-order valence-electron chi connectivity index (χ2n) is 4.41. The van der Waals surface area contributed by atoms with Crippen molar-refractivity contribution in [3.63, 3.8) is 0 Å². The molecule has 0 amide bonds. The summed E-state index contributed by atoms with van der Waals surface area (Å²) in [6, 6.07) is 5.99. The summed E-state index contributed by atoms with van der Waals surface area (Å²) in [4.78, 5) is -0.0666. The summed E-state index contributed by atoms with van der Waals surface area (Å²) >= 11 is 0. The summed E-state index contributed by atoms with van der Waals surface area (Å²) in [5.41, 5.74) is 0.956. The van der Waals surface area contributed by atoms with Crippen LogP contribution in [0.2, 0.25) is 0 Å². The Kier molecular flexibility index (Phi) is 11.1. The van der Waals surface area contributed by atoms with Gasteiger partial charge in [-0.05, 0) is 38.3 Å².